The second-order valence-electron chi connectivity index (χ2n) is 8.84. The molecule has 3 aromatic heterocycles. The van der Waals surface area contributed by atoms with Gasteiger partial charge in [0.25, 0.3) is 5.56 Å². The summed E-state index contributed by atoms with van der Waals surface area (Å²) in [4.78, 5) is 31.6. The fraction of sp³-hybridized carbons (Fsp3) is 0.346. The van der Waals surface area contributed by atoms with Gasteiger partial charge in [-0.2, -0.15) is 4.98 Å². The van der Waals surface area contributed by atoms with E-state index < -0.39 is 0 Å². The molecule has 5 rings (SSSR count). The molecule has 1 fully saturated rings. The van der Waals surface area contributed by atoms with Crippen molar-refractivity contribution in [1.29, 1.82) is 0 Å². The van der Waals surface area contributed by atoms with E-state index in [0.717, 1.165) is 41.7 Å². The van der Waals surface area contributed by atoms with Crippen LogP contribution in [0.15, 0.2) is 47.7 Å². The molecule has 1 aliphatic rings. The first-order valence-corrected chi connectivity index (χ1v) is 12.4. The number of anilines is 1. The van der Waals surface area contributed by atoms with Gasteiger partial charge in [0.2, 0.25) is 5.95 Å². The summed E-state index contributed by atoms with van der Waals surface area (Å²) in [5, 5.41) is 7.94. The molecule has 0 saturated carbocycles. The summed E-state index contributed by atoms with van der Waals surface area (Å²) >= 11 is 6.73. The second kappa shape index (κ2) is 10.1. The van der Waals surface area contributed by atoms with E-state index in [4.69, 9.17) is 11.6 Å². The van der Waals surface area contributed by atoms with Gasteiger partial charge in [0.15, 0.2) is 0 Å². The normalized spacial score (nSPS) is 15.6. The van der Waals surface area contributed by atoms with E-state index in [0.29, 0.717) is 46.9 Å². The number of aryl methyl sites for hydroxylation is 2. The number of hydrogen-bond acceptors (Lipinski definition) is 7. The molecule has 0 bridgehead atoms. The molecule has 1 aromatic carbocycles. The molecule has 0 unspecified atom stereocenters. The summed E-state index contributed by atoms with van der Waals surface area (Å²) < 4.78 is 1.77. The van der Waals surface area contributed by atoms with Crippen LogP contribution in [0.4, 0.5) is 5.95 Å². The third-order valence-corrected chi connectivity index (χ3v) is 6.65. The van der Waals surface area contributed by atoms with Crippen LogP contribution in [-0.4, -0.2) is 43.6 Å². The second-order valence-corrected chi connectivity index (χ2v) is 9.25. The Labute approximate surface area is 208 Å². The Kier molecular flexibility index (Phi) is 6.74. The largest absolute Gasteiger partial charge is 0.354 e. The molecular formula is C26H28ClN7O. The zero-order valence-electron chi connectivity index (χ0n) is 19.9. The first kappa shape index (κ1) is 23.4. The van der Waals surface area contributed by atoms with Gasteiger partial charge in [0, 0.05) is 58.6 Å². The molecule has 8 nitrogen and oxygen atoms in total. The monoisotopic (exact) mass is 489 g/mol. The highest BCUT2D eigenvalue weighted by Gasteiger charge is 2.19. The first-order chi connectivity index (χ1) is 17.0. The third kappa shape index (κ3) is 4.90. The minimum absolute atomic E-state index is 0.110. The van der Waals surface area contributed by atoms with Crippen molar-refractivity contribution in [1.82, 2.24) is 29.8 Å². The molecule has 2 N–H and O–H groups in total. The number of rotatable bonds is 7. The summed E-state index contributed by atoms with van der Waals surface area (Å²) in [6.07, 6.45) is 8.33. The average molecular weight is 490 g/mol. The van der Waals surface area contributed by atoms with Gasteiger partial charge in [-0.1, -0.05) is 23.7 Å². The van der Waals surface area contributed by atoms with Gasteiger partial charge in [0.1, 0.15) is 5.65 Å². The molecule has 0 radical (unpaired) electrons. The van der Waals surface area contributed by atoms with Crippen LogP contribution in [0.5, 0.6) is 0 Å². The topological polar surface area (TPSA) is 97.6 Å². The molecule has 1 saturated heterocycles. The Hall–Kier alpha value is -3.36. The van der Waals surface area contributed by atoms with Gasteiger partial charge in [-0.25, -0.2) is 9.97 Å². The molecule has 0 spiro atoms. The highest BCUT2D eigenvalue weighted by atomic mass is 35.5. The molecule has 0 amide bonds. The lowest BCUT2D eigenvalue weighted by Crippen LogP contribution is -2.28. The Bertz CT molecular complexity index is 1430. The Morgan fingerprint density at radius 3 is 2.80 bits per heavy atom. The van der Waals surface area contributed by atoms with Gasteiger partial charge >= 0.3 is 0 Å². The van der Waals surface area contributed by atoms with Crippen molar-refractivity contribution in [2.75, 3.05) is 18.4 Å². The summed E-state index contributed by atoms with van der Waals surface area (Å²) in [6, 6.07) is 7.88. The number of aromatic nitrogens is 5. The van der Waals surface area contributed by atoms with Crippen molar-refractivity contribution >= 4 is 28.6 Å². The van der Waals surface area contributed by atoms with Crippen LogP contribution >= 0.6 is 11.6 Å². The zero-order valence-corrected chi connectivity index (χ0v) is 20.6. The molecule has 35 heavy (non-hydrogen) atoms. The minimum atomic E-state index is -0.110. The predicted octanol–water partition coefficient (Wildman–Crippen LogP) is 4.45. The van der Waals surface area contributed by atoms with Crippen LogP contribution in [0, 0.1) is 6.92 Å². The van der Waals surface area contributed by atoms with Gasteiger partial charge in [0.05, 0.1) is 17.6 Å². The Balaban J connectivity index is 1.59. The van der Waals surface area contributed by atoms with Gasteiger partial charge < -0.3 is 10.6 Å². The van der Waals surface area contributed by atoms with Crippen molar-refractivity contribution in [2.24, 2.45) is 0 Å². The van der Waals surface area contributed by atoms with E-state index in [1.807, 2.05) is 38.1 Å². The number of hydrogen-bond donors (Lipinski definition) is 2. The van der Waals surface area contributed by atoms with Crippen LogP contribution in [0.1, 0.15) is 31.9 Å². The molecule has 9 heteroatoms. The molecule has 1 aliphatic heterocycles. The van der Waals surface area contributed by atoms with Crippen LogP contribution in [0.2, 0.25) is 5.02 Å². The maximum atomic E-state index is 13.8. The minimum Gasteiger partial charge on any atom is -0.354 e. The number of nitrogens with zero attached hydrogens (tertiary/aromatic N) is 5. The molecule has 4 heterocycles. The van der Waals surface area contributed by atoms with Crippen molar-refractivity contribution < 1.29 is 0 Å². The molecule has 1 atom stereocenters. The molecular weight excluding hydrogens is 462 g/mol. The van der Waals surface area contributed by atoms with Crippen molar-refractivity contribution in [3.8, 4) is 22.4 Å². The van der Waals surface area contributed by atoms with Gasteiger partial charge in [-0.3, -0.25) is 14.3 Å². The molecule has 4 aromatic rings. The third-order valence-electron chi connectivity index (χ3n) is 6.34. The maximum Gasteiger partial charge on any atom is 0.260 e. The fourth-order valence-corrected chi connectivity index (χ4v) is 4.87. The first-order valence-electron chi connectivity index (χ1n) is 12.0. The Morgan fingerprint density at radius 1 is 1.17 bits per heavy atom. The van der Waals surface area contributed by atoms with Crippen molar-refractivity contribution in [3.05, 3.63) is 63.9 Å². The van der Waals surface area contributed by atoms with E-state index in [-0.39, 0.29) is 5.56 Å². The highest BCUT2D eigenvalue weighted by Crippen LogP contribution is 2.31. The number of pyridine rings is 1. The van der Waals surface area contributed by atoms with E-state index in [2.05, 4.69) is 30.6 Å². The zero-order chi connectivity index (χ0) is 24.4. The van der Waals surface area contributed by atoms with Gasteiger partial charge in [-0.15, -0.1) is 0 Å². The van der Waals surface area contributed by atoms with Crippen molar-refractivity contribution in [2.45, 2.75) is 45.7 Å². The number of benzene rings is 1. The molecule has 0 aliphatic carbocycles. The van der Waals surface area contributed by atoms with E-state index >= 15 is 0 Å². The summed E-state index contributed by atoms with van der Waals surface area (Å²) in [5.41, 5.74) is 4.14. The lowest BCUT2D eigenvalue weighted by atomic mass is 10.0. The van der Waals surface area contributed by atoms with Crippen LogP contribution in [-0.2, 0) is 6.54 Å². The molecule has 180 valence electrons. The van der Waals surface area contributed by atoms with Crippen LogP contribution < -0.4 is 16.2 Å². The number of fused-ring (bicyclic) bond motifs is 1. The lowest BCUT2D eigenvalue weighted by Gasteiger charge is -2.16. The number of halogens is 1. The number of nitrogens with one attached hydrogen (secondary N) is 2. The van der Waals surface area contributed by atoms with E-state index in [9.17, 15) is 4.79 Å². The summed E-state index contributed by atoms with van der Waals surface area (Å²) in [7, 11) is 0. The maximum absolute atomic E-state index is 13.8. The lowest BCUT2D eigenvalue weighted by molar-refractivity contribution is 0.504. The summed E-state index contributed by atoms with van der Waals surface area (Å²) in [5.74, 6) is 0.515. The summed E-state index contributed by atoms with van der Waals surface area (Å²) in [6.45, 7) is 6.18. The highest BCUT2D eigenvalue weighted by molar-refractivity contribution is 6.33. The SMILES string of the molecule is CCNc1ncc2cc(-c3ccc(-c4cncc(C)n4)cc3Cl)c(=O)n(CC[C@H]3CCCN3)c2n1. The standard InChI is InChI=1S/C26H28ClN7O/c1-3-29-26-31-14-18-11-21(25(35)34(24(18)33-26)10-8-19-5-4-9-30-19)20-7-6-17(12-22(20)27)23-15-28-13-16(2)32-23/h6-7,11-15,19,30H,3-5,8-10H2,1-2H3,(H,29,31,33)/t19-/m1/s1. The van der Waals surface area contributed by atoms with Crippen LogP contribution in [0.3, 0.4) is 0 Å². The fourth-order valence-electron chi connectivity index (χ4n) is 4.59. The predicted molar refractivity (Wildman–Crippen MR) is 140 cm³/mol. The smallest absolute Gasteiger partial charge is 0.260 e. The average Bonchev–Trinajstić information content (AvgIpc) is 3.37. The van der Waals surface area contributed by atoms with E-state index in [1.54, 1.807) is 23.2 Å². The quantitative estimate of drug-likeness (QED) is 0.395. The van der Waals surface area contributed by atoms with Crippen LogP contribution in [0.25, 0.3) is 33.4 Å². The van der Waals surface area contributed by atoms with E-state index in [1.165, 1.54) is 6.42 Å². The van der Waals surface area contributed by atoms with Crippen molar-refractivity contribution in [3.63, 3.8) is 0 Å². The Morgan fingerprint density at radius 2 is 2.06 bits per heavy atom. The van der Waals surface area contributed by atoms with Gasteiger partial charge in [-0.05, 0) is 51.8 Å².